The normalized spacial score (nSPS) is 12.9. The van der Waals surface area contributed by atoms with Crippen LogP contribution in [0.5, 0.6) is 0 Å². The molecule has 2 atom stereocenters. The summed E-state index contributed by atoms with van der Waals surface area (Å²) in [5.74, 6) is -1.67. The maximum absolute atomic E-state index is 13.8. The molecule has 0 bridgehead atoms. The minimum atomic E-state index is -1.19. The molecule has 4 aromatic rings. The Labute approximate surface area is 263 Å². The number of carboxylic acid groups (broad SMARTS) is 1. The lowest BCUT2D eigenvalue weighted by Crippen LogP contribution is -2.54. The Morgan fingerprint density at radius 2 is 1.11 bits per heavy atom. The largest absolute Gasteiger partial charge is 0.480 e. The first kappa shape index (κ1) is 32.4. The summed E-state index contributed by atoms with van der Waals surface area (Å²) >= 11 is 1.49. The summed E-state index contributed by atoms with van der Waals surface area (Å²) in [4.78, 5) is 39.0. The average molecular weight is 611 g/mol. The van der Waals surface area contributed by atoms with Crippen molar-refractivity contribution < 1.29 is 24.2 Å². The highest BCUT2D eigenvalue weighted by Crippen LogP contribution is 2.48. The number of nitrogens with one attached hydrogen (secondary N) is 2. The number of alkyl carbamates (subject to hydrolysis) is 1. The number of amides is 2. The molecule has 2 amide bonds. The van der Waals surface area contributed by atoms with Crippen molar-refractivity contribution in [1.29, 1.82) is 0 Å². The van der Waals surface area contributed by atoms with Crippen molar-refractivity contribution in [2.45, 2.75) is 49.6 Å². The molecule has 0 saturated carbocycles. The molecule has 44 heavy (non-hydrogen) atoms. The molecule has 0 aromatic heterocycles. The quantitative estimate of drug-likeness (QED) is 0.160. The molecule has 0 aliphatic rings. The summed E-state index contributed by atoms with van der Waals surface area (Å²) in [6.07, 6.45) is -0.672. The molecular formula is C36H38N2O5S. The van der Waals surface area contributed by atoms with Crippen LogP contribution in [0, 0.1) is 0 Å². The molecular weight excluding hydrogens is 572 g/mol. The van der Waals surface area contributed by atoms with Crippen LogP contribution in [0.4, 0.5) is 4.79 Å². The van der Waals surface area contributed by atoms with Crippen molar-refractivity contribution in [3.05, 3.63) is 144 Å². The van der Waals surface area contributed by atoms with E-state index in [2.05, 4.69) is 10.6 Å². The van der Waals surface area contributed by atoms with E-state index in [9.17, 15) is 19.5 Å². The summed E-state index contributed by atoms with van der Waals surface area (Å²) in [6, 6.07) is 36.8. The molecule has 0 aliphatic heterocycles. The lowest BCUT2D eigenvalue weighted by Gasteiger charge is -2.36. The Balaban J connectivity index is 1.71. The van der Waals surface area contributed by atoms with Crippen LogP contribution >= 0.6 is 11.8 Å². The maximum atomic E-state index is 13.8. The van der Waals surface area contributed by atoms with Crippen molar-refractivity contribution >= 4 is 29.7 Å². The van der Waals surface area contributed by atoms with Gasteiger partial charge in [0, 0.05) is 12.2 Å². The van der Waals surface area contributed by atoms with Crippen molar-refractivity contribution in [2.75, 3.05) is 5.75 Å². The number of hydrogen-bond donors (Lipinski definition) is 3. The lowest BCUT2D eigenvalue weighted by atomic mass is 9.84. The van der Waals surface area contributed by atoms with E-state index in [-0.39, 0.29) is 12.2 Å². The summed E-state index contributed by atoms with van der Waals surface area (Å²) < 4.78 is 4.74. The van der Waals surface area contributed by atoms with Crippen LogP contribution in [0.3, 0.4) is 0 Å². The molecule has 4 aromatic carbocycles. The first-order valence-electron chi connectivity index (χ1n) is 14.5. The molecule has 4 rings (SSSR count). The van der Waals surface area contributed by atoms with Crippen LogP contribution < -0.4 is 10.6 Å². The molecule has 0 radical (unpaired) electrons. The second kappa shape index (κ2) is 14.8. The molecule has 0 fully saturated rings. The number of rotatable bonds is 12. The number of carbonyl (C=O) groups is 3. The monoisotopic (exact) mass is 610 g/mol. The molecule has 7 nitrogen and oxygen atoms in total. The van der Waals surface area contributed by atoms with Crippen LogP contribution in [0.15, 0.2) is 121 Å². The highest BCUT2D eigenvalue weighted by molar-refractivity contribution is 8.00. The van der Waals surface area contributed by atoms with E-state index in [0.29, 0.717) is 0 Å². The molecule has 0 heterocycles. The first-order chi connectivity index (χ1) is 21.1. The van der Waals surface area contributed by atoms with Gasteiger partial charge < -0.3 is 20.5 Å². The molecule has 0 spiro atoms. The maximum Gasteiger partial charge on any atom is 0.408 e. The van der Waals surface area contributed by atoms with E-state index in [4.69, 9.17) is 4.74 Å². The Morgan fingerprint density at radius 3 is 1.52 bits per heavy atom. The van der Waals surface area contributed by atoms with Gasteiger partial charge in [0.15, 0.2) is 0 Å². The van der Waals surface area contributed by atoms with Crippen LogP contribution in [0.2, 0.25) is 0 Å². The zero-order chi connectivity index (χ0) is 31.6. The molecule has 228 valence electrons. The summed E-state index contributed by atoms with van der Waals surface area (Å²) in [6.45, 7) is 5.21. The van der Waals surface area contributed by atoms with Crippen molar-refractivity contribution in [3.8, 4) is 0 Å². The van der Waals surface area contributed by atoms with Gasteiger partial charge in [-0.1, -0.05) is 121 Å². The van der Waals surface area contributed by atoms with Gasteiger partial charge in [-0.05, 0) is 43.0 Å². The minimum absolute atomic E-state index is 0.0934. The van der Waals surface area contributed by atoms with Gasteiger partial charge in [-0.3, -0.25) is 4.79 Å². The minimum Gasteiger partial charge on any atom is -0.480 e. The van der Waals surface area contributed by atoms with Gasteiger partial charge in [0.25, 0.3) is 0 Å². The van der Waals surface area contributed by atoms with Gasteiger partial charge >= 0.3 is 12.1 Å². The second-order valence-corrected chi connectivity index (χ2v) is 12.6. The van der Waals surface area contributed by atoms with Gasteiger partial charge in [-0.2, -0.15) is 0 Å². The predicted molar refractivity (Wildman–Crippen MR) is 175 cm³/mol. The first-order valence-corrected chi connectivity index (χ1v) is 15.4. The van der Waals surface area contributed by atoms with E-state index in [1.54, 1.807) is 20.8 Å². The van der Waals surface area contributed by atoms with E-state index < -0.39 is 40.4 Å². The molecule has 0 unspecified atom stereocenters. The third-order valence-electron chi connectivity index (χ3n) is 6.91. The van der Waals surface area contributed by atoms with Crippen LogP contribution in [-0.2, 0) is 25.5 Å². The van der Waals surface area contributed by atoms with Crippen LogP contribution in [0.25, 0.3) is 0 Å². The van der Waals surface area contributed by atoms with E-state index in [1.165, 1.54) is 11.8 Å². The van der Waals surface area contributed by atoms with Crippen molar-refractivity contribution in [3.63, 3.8) is 0 Å². The highest BCUT2D eigenvalue weighted by atomic mass is 32.2. The zero-order valence-electron chi connectivity index (χ0n) is 25.1. The Morgan fingerprint density at radius 1 is 0.682 bits per heavy atom. The Kier molecular flexibility index (Phi) is 10.8. The number of thioether (sulfide) groups is 1. The summed E-state index contributed by atoms with van der Waals surface area (Å²) in [5, 5.41) is 15.4. The zero-order valence-corrected chi connectivity index (χ0v) is 25.9. The molecule has 3 N–H and O–H groups in total. The highest BCUT2D eigenvalue weighted by Gasteiger charge is 2.39. The third-order valence-corrected chi connectivity index (χ3v) is 8.55. The van der Waals surface area contributed by atoms with E-state index in [1.807, 2.05) is 121 Å². The topological polar surface area (TPSA) is 105 Å². The number of aliphatic carboxylic acids is 1. The van der Waals surface area contributed by atoms with E-state index >= 15 is 0 Å². The Hall–Kier alpha value is -4.56. The SMILES string of the molecule is CC(C)(C)OC(=O)N[C@@H](CSC(c1ccccc1)(c1ccccc1)c1ccccc1)C(=O)N[C@@H](Cc1ccccc1)C(=O)O. The number of benzene rings is 4. The van der Waals surface area contributed by atoms with Gasteiger partial charge in [0.2, 0.25) is 5.91 Å². The van der Waals surface area contributed by atoms with Crippen LogP contribution in [0.1, 0.15) is 43.0 Å². The average Bonchev–Trinajstić information content (AvgIpc) is 3.01. The molecule has 0 saturated heterocycles. The van der Waals surface area contributed by atoms with Gasteiger partial charge in [-0.25, -0.2) is 9.59 Å². The summed E-state index contributed by atoms with van der Waals surface area (Å²) in [7, 11) is 0. The standard InChI is InChI=1S/C36H38N2O5S/c1-35(2,3)43-34(42)38-31(32(39)37-30(33(40)41)24-26-16-8-4-9-17-26)25-44-36(27-18-10-5-11-19-27,28-20-12-6-13-21-28)29-22-14-7-15-23-29/h4-23,30-31H,24-25H2,1-3H3,(H,37,39)(H,38,42)(H,40,41)/t30-,31-/m0/s1. The fraction of sp³-hybridized carbons (Fsp3) is 0.250. The third kappa shape index (κ3) is 8.51. The summed E-state index contributed by atoms with van der Waals surface area (Å²) in [5.41, 5.74) is 2.95. The van der Waals surface area contributed by atoms with Gasteiger partial charge in [0.1, 0.15) is 17.7 Å². The van der Waals surface area contributed by atoms with Crippen molar-refractivity contribution in [2.24, 2.45) is 0 Å². The number of ether oxygens (including phenoxy) is 1. The van der Waals surface area contributed by atoms with Crippen LogP contribution in [-0.4, -0.2) is 46.5 Å². The van der Waals surface area contributed by atoms with Gasteiger partial charge in [0.05, 0.1) is 4.75 Å². The lowest BCUT2D eigenvalue weighted by molar-refractivity contribution is -0.142. The number of carboxylic acids is 1. The molecule has 0 aliphatic carbocycles. The fourth-order valence-corrected chi connectivity index (χ4v) is 6.49. The van der Waals surface area contributed by atoms with E-state index in [0.717, 1.165) is 22.3 Å². The fourth-order valence-electron chi connectivity index (χ4n) is 4.93. The van der Waals surface area contributed by atoms with Crippen molar-refractivity contribution in [1.82, 2.24) is 10.6 Å². The predicted octanol–water partition coefficient (Wildman–Crippen LogP) is 6.42. The molecule has 8 heteroatoms. The smallest absolute Gasteiger partial charge is 0.408 e. The van der Waals surface area contributed by atoms with Gasteiger partial charge in [-0.15, -0.1) is 11.8 Å². The number of carbonyl (C=O) groups excluding carboxylic acids is 2. The second-order valence-electron chi connectivity index (χ2n) is 11.4. The number of hydrogen-bond acceptors (Lipinski definition) is 5. The Bertz CT molecular complexity index is 1410.